The highest BCUT2D eigenvalue weighted by Gasteiger charge is 2.05. The summed E-state index contributed by atoms with van der Waals surface area (Å²) in [7, 11) is 1.49. The van der Waals surface area contributed by atoms with Gasteiger partial charge in [-0.25, -0.2) is 0 Å². The highest BCUT2D eigenvalue weighted by molar-refractivity contribution is 6.01. The summed E-state index contributed by atoms with van der Waals surface area (Å²) in [6, 6.07) is 9.05. The number of rotatable bonds is 4. The number of hydrogen-bond acceptors (Lipinski definition) is 3. The number of nitrogens with one attached hydrogen (secondary N) is 1. The predicted octanol–water partition coefficient (Wildman–Crippen LogP) is 1.74. The largest absolute Gasteiger partial charge is 0.494 e. The molecule has 0 unspecified atom stereocenters. The van der Waals surface area contributed by atoms with Crippen molar-refractivity contribution in [3.8, 4) is 11.8 Å². The van der Waals surface area contributed by atoms with Crippen LogP contribution in [0, 0.1) is 11.3 Å². The van der Waals surface area contributed by atoms with Gasteiger partial charge in [-0.1, -0.05) is 12.1 Å². The van der Waals surface area contributed by atoms with E-state index >= 15 is 0 Å². The molecule has 17 heavy (non-hydrogen) atoms. The monoisotopic (exact) mass is 230 g/mol. The van der Waals surface area contributed by atoms with Crippen LogP contribution in [0.3, 0.4) is 0 Å². The van der Waals surface area contributed by atoms with E-state index in [2.05, 4.69) is 5.32 Å². The van der Waals surface area contributed by atoms with Crippen molar-refractivity contribution < 1.29 is 9.53 Å². The third-order valence-corrected chi connectivity index (χ3v) is 2.09. The number of ether oxygens (including phenoxy) is 1. The van der Waals surface area contributed by atoms with E-state index in [4.69, 9.17) is 10.00 Å². The van der Waals surface area contributed by atoms with E-state index in [1.54, 1.807) is 24.3 Å². The Bertz CT molecular complexity index is 455. The molecule has 0 spiro atoms. The molecule has 1 aromatic rings. The highest BCUT2D eigenvalue weighted by atomic mass is 16.5. The summed E-state index contributed by atoms with van der Waals surface area (Å²) in [4.78, 5) is 11.3. The standard InChI is InChI=1S/C13H14N2O2/c1-3-17-12-6-4-10(5-7-12)8-11(9-14)13(16)15-2/h4-8H,3H2,1-2H3,(H,15,16)/b11-8+. The molecular weight excluding hydrogens is 216 g/mol. The second-order valence-electron chi connectivity index (χ2n) is 3.25. The minimum absolute atomic E-state index is 0.0802. The van der Waals surface area contributed by atoms with Crippen LogP contribution in [-0.2, 0) is 4.79 Å². The normalized spacial score (nSPS) is 10.5. The molecule has 4 heteroatoms. The lowest BCUT2D eigenvalue weighted by molar-refractivity contribution is -0.116. The molecule has 0 fully saturated rings. The molecule has 1 N–H and O–H groups in total. The first kappa shape index (κ1) is 12.8. The van der Waals surface area contributed by atoms with E-state index in [-0.39, 0.29) is 11.5 Å². The maximum absolute atomic E-state index is 11.3. The van der Waals surface area contributed by atoms with E-state index in [1.165, 1.54) is 13.1 Å². The van der Waals surface area contributed by atoms with Crippen molar-refractivity contribution in [1.82, 2.24) is 5.32 Å². The predicted molar refractivity (Wildman–Crippen MR) is 65.3 cm³/mol. The number of likely N-dealkylation sites (N-methyl/N-ethyl adjacent to an activating group) is 1. The zero-order valence-corrected chi connectivity index (χ0v) is 9.86. The number of carbonyl (C=O) groups is 1. The Labute approximate surface area is 101 Å². The van der Waals surface area contributed by atoms with Crippen LogP contribution in [0.1, 0.15) is 12.5 Å². The first-order chi connectivity index (χ1) is 8.21. The fourth-order valence-electron chi connectivity index (χ4n) is 1.28. The van der Waals surface area contributed by atoms with Gasteiger partial charge in [0.05, 0.1) is 6.61 Å². The van der Waals surface area contributed by atoms with Crippen LogP contribution >= 0.6 is 0 Å². The third kappa shape index (κ3) is 3.65. The Kier molecular flexibility index (Phi) is 4.77. The number of carbonyl (C=O) groups excluding carboxylic acids is 1. The Morgan fingerprint density at radius 1 is 1.47 bits per heavy atom. The molecule has 1 rings (SSSR count). The van der Waals surface area contributed by atoms with Crippen molar-refractivity contribution in [1.29, 1.82) is 5.26 Å². The van der Waals surface area contributed by atoms with Crippen molar-refractivity contribution >= 4 is 12.0 Å². The van der Waals surface area contributed by atoms with Gasteiger partial charge in [-0.15, -0.1) is 0 Å². The molecule has 0 aliphatic heterocycles. The van der Waals surface area contributed by atoms with Crippen LogP contribution in [0.25, 0.3) is 6.08 Å². The van der Waals surface area contributed by atoms with Gasteiger partial charge >= 0.3 is 0 Å². The van der Waals surface area contributed by atoms with Crippen molar-refractivity contribution in [3.05, 3.63) is 35.4 Å². The number of nitrogens with zero attached hydrogens (tertiary/aromatic N) is 1. The van der Waals surface area contributed by atoms with Crippen LogP contribution in [-0.4, -0.2) is 19.6 Å². The summed E-state index contributed by atoms with van der Waals surface area (Å²) >= 11 is 0. The van der Waals surface area contributed by atoms with Crippen molar-refractivity contribution in [3.63, 3.8) is 0 Å². The highest BCUT2D eigenvalue weighted by Crippen LogP contribution is 2.14. The van der Waals surface area contributed by atoms with Gasteiger partial charge in [0.2, 0.25) is 0 Å². The van der Waals surface area contributed by atoms with Crippen molar-refractivity contribution in [2.75, 3.05) is 13.7 Å². The summed E-state index contributed by atoms with van der Waals surface area (Å²) in [6.07, 6.45) is 1.54. The molecule has 0 saturated heterocycles. The van der Waals surface area contributed by atoms with E-state index in [9.17, 15) is 4.79 Å². The first-order valence-corrected chi connectivity index (χ1v) is 5.28. The molecule has 0 aliphatic carbocycles. The molecule has 1 aromatic carbocycles. The molecule has 1 amide bonds. The van der Waals surface area contributed by atoms with Gasteiger partial charge < -0.3 is 10.1 Å². The molecule has 0 aliphatic rings. The van der Waals surface area contributed by atoms with Gasteiger partial charge in [0, 0.05) is 7.05 Å². The van der Waals surface area contributed by atoms with Crippen molar-refractivity contribution in [2.45, 2.75) is 6.92 Å². The van der Waals surface area contributed by atoms with Crippen LogP contribution in [0.15, 0.2) is 29.8 Å². The lowest BCUT2D eigenvalue weighted by atomic mass is 10.1. The summed E-state index contributed by atoms with van der Waals surface area (Å²) < 4.78 is 5.30. The maximum atomic E-state index is 11.3. The average molecular weight is 230 g/mol. The van der Waals surface area contributed by atoms with Crippen LogP contribution in [0.4, 0.5) is 0 Å². The van der Waals surface area contributed by atoms with Crippen LogP contribution < -0.4 is 10.1 Å². The first-order valence-electron chi connectivity index (χ1n) is 5.28. The molecule has 0 radical (unpaired) electrons. The topological polar surface area (TPSA) is 62.1 Å². The Balaban J connectivity index is 2.90. The van der Waals surface area contributed by atoms with Gasteiger partial charge in [-0.3, -0.25) is 4.79 Å². The number of hydrogen-bond donors (Lipinski definition) is 1. The van der Waals surface area contributed by atoms with E-state index < -0.39 is 0 Å². The summed E-state index contributed by atoms with van der Waals surface area (Å²) in [6.45, 7) is 2.52. The summed E-state index contributed by atoms with van der Waals surface area (Å²) in [5, 5.41) is 11.2. The fraction of sp³-hybridized carbons (Fsp3) is 0.231. The molecule has 0 heterocycles. The second kappa shape index (κ2) is 6.33. The molecule has 0 aromatic heterocycles. The maximum Gasteiger partial charge on any atom is 0.261 e. The molecule has 0 atom stereocenters. The molecule has 0 saturated carbocycles. The van der Waals surface area contributed by atoms with Gasteiger partial charge in [-0.05, 0) is 30.7 Å². The quantitative estimate of drug-likeness (QED) is 0.633. The summed E-state index contributed by atoms with van der Waals surface area (Å²) in [5.74, 6) is 0.379. The fourth-order valence-corrected chi connectivity index (χ4v) is 1.28. The van der Waals surface area contributed by atoms with Crippen LogP contribution in [0.2, 0.25) is 0 Å². The van der Waals surface area contributed by atoms with E-state index in [0.717, 1.165) is 11.3 Å². The third-order valence-electron chi connectivity index (χ3n) is 2.09. The minimum Gasteiger partial charge on any atom is -0.494 e. The Morgan fingerprint density at radius 2 is 2.12 bits per heavy atom. The SMILES string of the molecule is CCOc1ccc(/C=C(\C#N)C(=O)NC)cc1. The Morgan fingerprint density at radius 3 is 2.59 bits per heavy atom. The molecule has 4 nitrogen and oxygen atoms in total. The van der Waals surface area contributed by atoms with Gasteiger partial charge in [0.25, 0.3) is 5.91 Å². The number of benzene rings is 1. The van der Waals surface area contributed by atoms with E-state index in [1.807, 2.05) is 13.0 Å². The number of nitriles is 1. The average Bonchev–Trinajstić information content (AvgIpc) is 2.37. The molecule has 88 valence electrons. The van der Waals surface area contributed by atoms with Crippen molar-refractivity contribution in [2.24, 2.45) is 0 Å². The van der Waals surface area contributed by atoms with E-state index in [0.29, 0.717) is 6.61 Å². The number of amides is 1. The smallest absolute Gasteiger partial charge is 0.261 e. The Hall–Kier alpha value is -2.28. The van der Waals surface area contributed by atoms with Crippen LogP contribution in [0.5, 0.6) is 5.75 Å². The second-order valence-corrected chi connectivity index (χ2v) is 3.25. The van der Waals surface area contributed by atoms with Gasteiger partial charge in [0.15, 0.2) is 0 Å². The van der Waals surface area contributed by atoms with Gasteiger partial charge in [0.1, 0.15) is 17.4 Å². The summed E-state index contributed by atoms with van der Waals surface area (Å²) in [5.41, 5.74) is 0.866. The molecular formula is C13H14N2O2. The lowest BCUT2D eigenvalue weighted by Gasteiger charge is -2.02. The van der Waals surface area contributed by atoms with Gasteiger partial charge in [-0.2, -0.15) is 5.26 Å². The lowest BCUT2D eigenvalue weighted by Crippen LogP contribution is -2.19. The molecule has 0 bridgehead atoms. The zero-order valence-electron chi connectivity index (χ0n) is 9.86. The minimum atomic E-state index is -0.388. The zero-order chi connectivity index (χ0) is 12.7.